The number of piperidine rings is 1. The fraction of sp³-hybridized carbons (Fsp3) is 0.333. The van der Waals surface area contributed by atoms with Crippen molar-refractivity contribution in [3.8, 4) is 0 Å². The predicted molar refractivity (Wildman–Crippen MR) is 102 cm³/mol. The van der Waals surface area contributed by atoms with Crippen molar-refractivity contribution in [2.75, 3.05) is 13.1 Å². The number of carbonyl (C=O) groups excluding carboxylic acids is 2. The molecule has 1 N–H and O–H groups in total. The molecule has 1 saturated carbocycles. The summed E-state index contributed by atoms with van der Waals surface area (Å²) < 4.78 is 32.5. The summed E-state index contributed by atoms with van der Waals surface area (Å²) in [5, 5.41) is 10.5. The van der Waals surface area contributed by atoms with Gasteiger partial charge in [0, 0.05) is 24.7 Å². The molecule has 0 bridgehead atoms. The maximum atomic E-state index is 13.9. The first-order valence-electron chi connectivity index (χ1n) is 9.73. The minimum atomic E-state index is -0.851. The fourth-order valence-electron chi connectivity index (χ4n) is 4.28. The lowest BCUT2D eigenvalue weighted by Gasteiger charge is -2.33. The highest BCUT2D eigenvalue weighted by Crippen LogP contribution is 2.54. The monoisotopic (exact) mass is 412 g/mol. The molecule has 1 aliphatic carbocycles. The first-order valence-corrected chi connectivity index (χ1v) is 9.73. The highest BCUT2D eigenvalue weighted by atomic mass is 19.1. The van der Waals surface area contributed by atoms with Crippen LogP contribution < -0.4 is 5.32 Å². The Hall–Kier alpha value is -3.36. The number of benzene rings is 2. The zero-order chi connectivity index (χ0) is 20.9. The van der Waals surface area contributed by atoms with Crippen molar-refractivity contribution in [3.05, 3.63) is 59.2 Å². The second kappa shape index (κ2) is 6.86. The van der Waals surface area contributed by atoms with Gasteiger partial charge in [0.05, 0.1) is 0 Å². The van der Waals surface area contributed by atoms with Crippen LogP contribution in [-0.4, -0.2) is 46.2 Å². The third-order valence-electron chi connectivity index (χ3n) is 6.23. The van der Waals surface area contributed by atoms with Gasteiger partial charge in [-0.3, -0.25) is 9.59 Å². The summed E-state index contributed by atoms with van der Waals surface area (Å²) >= 11 is 0. The van der Waals surface area contributed by atoms with Crippen molar-refractivity contribution in [1.29, 1.82) is 0 Å². The van der Waals surface area contributed by atoms with Gasteiger partial charge >= 0.3 is 0 Å². The Labute approximate surface area is 170 Å². The molecule has 1 spiro atoms. The van der Waals surface area contributed by atoms with Crippen molar-refractivity contribution >= 4 is 22.8 Å². The van der Waals surface area contributed by atoms with Crippen LogP contribution in [0.25, 0.3) is 11.0 Å². The average Bonchev–Trinajstić information content (AvgIpc) is 3.17. The number of hydrogen-bond acceptors (Lipinski definition) is 5. The fourth-order valence-corrected chi connectivity index (χ4v) is 4.28. The second-order valence-electron chi connectivity index (χ2n) is 7.95. The number of halogens is 2. The standard InChI is InChI=1S/C21H18F2N4O3/c22-13-2-1-3-14(23)18(13)20(29)27-8-6-21(7-9-27)11-17(21)24-19(28)12-4-5-15-16(10-12)26-30-25-15/h1-5,10,17H,6-9,11H2,(H,24,28). The van der Waals surface area contributed by atoms with Gasteiger partial charge in [-0.15, -0.1) is 0 Å². The normalized spacial score (nSPS) is 19.8. The minimum Gasteiger partial charge on any atom is -0.349 e. The van der Waals surface area contributed by atoms with Crippen LogP contribution in [0.2, 0.25) is 0 Å². The van der Waals surface area contributed by atoms with Crippen LogP contribution in [0.3, 0.4) is 0 Å². The van der Waals surface area contributed by atoms with Crippen LogP contribution in [0.5, 0.6) is 0 Å². The molecule has 3 aromatic rings. The van der Waals surface area contributed by atoms with Crippen LogP contribution >= 0.6 is 0 Å². The lowest BCUT2D eigenvalue weighted by atomic mass is 9.92. The predicted octanol–water partition coefficient (Wildman–Crippen LogP) is 2.93. The van der Waals surface area contributed by atoms with E-state index in [2.05, 4.69) is 20.3 Å². The SMILES string of the molecule is O=C(NC1CC12CCN(C(=O)c1c(F)cccc1F)CC2)c1ccc2nonc2c1. The van der Waals surface area contributed by atoms with E-state index in [0.717, 1.165) is 18.6 Å². The molecule has 9 heteroatoms. The Morgan fingerprint density at radius 3 is 2.50 bits per heavy atom. The van der Waals surface area contributed by atoms with Gasteiger partial charge in [0.2, 0.25) is 0 Å². The summed E-state index contributed by atoms with van der Waals surface area (Å²) in [5.74, 6) is -2.53. The minimum absolute atomic E-state index is 0.0126. The van der Waals surface area contributed by atoms with Crippen LogP contribution in [0, 0.1) is 17.0 Å². The molecule has 0 radical (unpaired) electrons. The van der Waals surface area contributed by atoms with Crippen molar-refractivity contribution in [1.82, 2.24) is 20.5 Å². The summed E-state index contributed by atoms with van der Waals surface area (Å²) in [7, 11) is 0. The molecule has 2 fully saturated rings. The molecule has 1 aromatic heterocycles. The summed E-state index contributed by atoms with van der Waals surface area (Å²) in [5.41, 5.74) is 0.993. The molecule has 1 aliphatic heterocycles. The van der Waals surface area contributed by atoms with Gasteiger partial charge in [-0.2, -0.15) is 0 Å². The van der Waals surface area contributed by atoms with Gasteiger partial charge in [-0.25, -0.2) is 13.4 Å². The zero-order valence-electron chi connectivity index (χ0n) is 15.9. The highest BCUT2D eigenvalue weighted by Gasteiger charge is 2.56. The average molecular weight is 412 g/mol. The first kappa shape index (κ1) is 18.7. The van der Waals surface area contributed by atoms with Crippen molar-refractivity contribution in [2.24, 2.45) is 5.41 Å². The van der Waals surface area contributed by atoms with Crippen LogP contribution in [0.4, 0.5) is 8.78 Å². The summed E-state index contributed by atoms with van der Waals surface area (Å²) in [6.45, 7) is 0.797. The molecule has 5 rings (SSSR count). The zero-order valence-corrected chi connectivity index (χ0v) is 15.9. The van der Waals surface area contributed by atoms with E-state index in [4.69, 9.17) is 0 Å². The number of fused-ring (bicyclic) bond motifs is 1. The maximum absolute atomic E-state index is 13.9. The van der Waals surface area contributed by atoms with Gasteiger partial charge in [0.15, 0.2) is 0 Å². The Balaban J connectivity index is 1.21. The summed E-state index contributed by atoms with van der Waals surface area (Å²) in [6, 6.07) is 8.39. The third kappa shape index (κ3) is 3.10. The Kier molecular flexibility index (Phi) is 4.27. The molecule has 2 heterocycles. The molecule has 30 heavy (non-hydrogen) atoms. The first-order chi connectivity index (χ1) is 14.5. The molecule has 1 saturated heterocycles. The summed E-state index contributed by atoms with van der Waals surface area (Å²) in [4.78, 5) is 26.6. The number of rotatable bonds is 3. The molecule has 2 aromatic carbocycles. The van der Waals surface area contributed by atoms with E-state index in [1.165, 1.54) is 11.0 Å². The van der Waals surface area contributed by atoms with Gasteiger partial charge in [0.25, 0.3) is 11.8 Å². The third-order valence-corrected chi connectivity index (χ3v) is 6.23. The largest absolute Gasteiger partial charge is 0.349 e. The number of hydrogen-bond donors (Lipinski definition) is 1. The van der Waals surface area contributed by atoms with E-state index >= 15 is 0 Å². The van der Waals surface area contributed by atoms with Crippen molar-refractivity contribution in [3.63, 3.8) is 0 Å². The number of nitrogens with zero attached hydrogens (tertiary/aromatic N) is 3. The molecular formula is C21H18F2N4O3. The topological polar surface area (TPSA) is 88.3 Å². The van der Waals surface area contributed by atoms with Crippen molar-refractivity contribution < 1.29 is 23.0 Å². The van der Waals surface area contributed by atoms with Crippen LogP contribution in [0.15, 0.2) is 41.0 Å². The van der Waals surface area contributed by atoms with E-state index < -0.39 is 23.1 Å². The molecule has 1 unspecified atom stereocenters. The molecular weight excluding hydrogens is 394 g/mol. The van der Waals surface area contributed by atoms with Gasteiger partial charge in [-0.05, 0) is 65.3 Å². The highest BCUT2D eigenvalue weighted by molar-refractivity contribution is 5.97. The summed E-state index contributed by atoms with van der Waals surface area (Å²) in [6.07, 6.45) is 2.17. The van der Waals surface area contributed by atoms with E-state index in [1.54, 1.807) is 18.2 Å². The number of likely N-dealkylation sites (tertiary alicyclic amines) is 1. The Morgan fingerprint density at radius 1 is 1.07 bits per heavy atom. The Morgan fingerprint density at radius 2 is 1.77 bits per heavy atom. The van der Waals surface area contributed by atoms with E-state index in [0.29, 0.717) is 42.5 Å². The number of nitrogens with one attached hydrogen (secondary N) is 1. The van der Waals surface area contributed by atoms with Crippen molar-refractivity contribution in [2.45, 2.75) is 25.3 Å². The number of amides is 2. The van der Waals surface area contributed by atoms with Gasteiger partial charge < -0.3 is 10.2 Å². The quantitative estimate of drug-likeness (QED) is 0.715. The lowest BCUT2D eigenvalue weighted by molar-refractivity contribution is 0.0658. The lowest BCUT2D eigenvalue weighted by Crippen LogP contribution is -2.42. The van der Waals surface area contributed by atoms with E-state index in [-0.39, 0.29) is 17.4 Å². The van der Waals surface area contributed by atoms with Gasteiger partial charge in [0.1, 0.15) is 28.2 Å². The number of carbonyl (C=O) groups is 2. The number of aromatic nitrogens is 2. The van der Waals surface area contributed by atoms with Gasteiger partial charge in [-0.1, -0.05) is 6.07 Å². The molecule has 7 nitrogen and oxygen atoms in total. The maximum Gasteiger partial charge on any atom is 0.259 e. The van der Waals surface area contributed by atoms with E-state index in [9.17, 15) is 18.4 Å². The van der Waals surface area contributed by atoms with E-state index in [1.807, 2.05) is 0 Å². The second-order valence-corrected chi connectivity index (χ2v) is 7.95. The molecule has 154 valence electrons. The molecule has 2 aliphatic rings. The van der Waals surface area contributed by atoms with Crippen LogP contribution in [-0.2, 0) is 0 Å². The Bertz CT molecular complexity index is 1130. The smallest absolute Gasteiger partial charge is 0.259 e. The molecule has 2 amide bonds. The molecule has 1 atom stereocenters. The van der Waals surface area contributed by atoms with Crippen LogP contribution in [0.1, 0.15) is 40.0 Å².